The number of hydrogen-bond donors (Lipinski definition) is 0. The Hall–Kier alpha value is -2.49. The number of carbonyl (C=O) groups is 1. The van der Waals surface area contributed by atoms with Crippen LogP contribution in [0, 0.1) is 0 Å². The van der Waals surface area contributed by atoms with Gasteiger partial charge in [-0.15, -0.1) is 0 Å². The third kappa shape index (κ3) is 5.25. The van der Waals surface area contributed by atoms with Gasteiger partial charge >= 0.3 is 5.97 Å². The van der Waals surface area contributed by atoms with Crippen LogP contribution in [0.3, 0.4) is 0 Å². The lowest BCUT2D eigenvalue weighted by atomic mass is 10.00. The number of rotatable bonds is 6. The molecule has 0 spiro atoms. The van der Waals surface area contributed by atoms with E-state index in [1.807, 2.05) is 54.6 Å². The van der Waals surface area contributed by atoms with Gasteiger partial charge in [0, 0.05) is 10.0 Å². The standard InChI is InChI=1S/C21H18Cl2O3/c1-25-14-19(21(24)26-2)18-10-6-5-8-15(18)7-3-4-9-16-11-12-17(22)13-20(16)23/h3-14H,1-2H3. The van der Waals surface area contributed by atoms with Gasteiger partial charge in [-0.2, -0.15) is 0 Å². The van der Waals surface area contributed by atoms with Crippen molar-refractivity contribution in [3.05, 3.63) is 87.6 Å². The van der Waals surface area contributed by atoms with Crippen molar-refractivity contribution in [1.29, 1.82) is 0 Å². The van der Waals surface area contributed by atoms with Gasteiger partial charge in [0.15, 0.2) is 0 Å². The fraction of sp³-hybridized carbons (Fsp3) is 0.0952. The molecule has 0 saturated carbocycles. The van der Waals surface area contributed by atoms with Gasteiger partial charge in [-0.25, -0.2) is 4.79 Å². The highest BCUT2D eigenvalue weighted by Crippen LogP contribution is 2.23. The molecule has 0 radical (unpaired) electrons. The maximum Gasteiger partial charge on any atom is 0.341 e. The van der Waals surface area contributed by atoms with Gasteiger partial charge in [0.25, 0.3) is 0 Å². The molecule has 26 heavy (non-hydrogen) atoms. The van der Waals surface area contributed by atoms with Crippen molar-refractivity contribution in [2.24, 2.45) is 0 Å². The molecule has 134 valence electrons. The largest absolute Gasteiger partial charge is 0.503 e. The molecule has 0 aliphatic rings. The van der Waals surface area contributed by atoms with E-state index in [2.05, 4.69) is 0 Å². The molecule has 0 N–H and O–H groups in total. The summed E-state index contributed by atoms with van der Waals surface area (Å²) < 4.78 is 9.85. The Bertz CT molecular complexity index is 867. The van der Waals surface area contributed by atoms with Crippen LogP contribution in [0.4, 0.5) is 0 Å². The SMILES string of the molecule is COC=C(C(=O)OC)c1ccccc1C=CC=Cc1ccc(Cl)cc1Cl. The summed E-state index contributed by atoms with van der Waals surface area (Å²) >= 11 is 12.0. The number of methoxy groups -OCH3 is 2. The van der Waals surface area contributed by atoms with Gasteiger partial charge in [0.05, 0.1) is 20.5 Å². The van der Waals surface area contributed by atoms with E-state index in [1.165, 1.54) is 20.5 Å². The van der Waals surface area contributed by atoms with Gasteiger partial charge < -0.3 is 9.47 Å². The number of carbonyl (C=O) groups excluding carboxylic acids is 1. The Balaban J connectivity index is 2.27. The molecule has 0 unspecified atom stereocenters. The minimum Gasteiger partial charge on any atom is -0.503 e. The zero-order chi connectivity index (χ0) is 18.9. The summed E-state index contributed by atoms with van der Waals surface area (Å²) in [5.41, 5.74) is 2.78. The van der Waals surface area contributed by atoms with Crippen LogP contribution >= 0.6 is 23.2 Å². The van der Waals surface area contributed by atoms with E-state index >= 15 is 0 Å². The molecule has 2 aromatic rings. The second-order valence-corrected chi connectivity index (χ2v) is 6.07. The topological polar surface area (TPSA) is 35.5 Å². The van der Waals surface area contributed by atoms with Crippen LogP contribution in [0.25, 0.3) is 17.7 Å². The molecular formula is C21H18Cl2O3. The predicted octanol–water partition coefficient (Wildman–Crippen LogP) is 5.88. The molecule has 0 aromatic heterocycles. The van der Waals surface area contributed by atoms with E-state index in [9.17, 15) is 4.79 Å². The van der Waals surface area contributed by atoms with Crippen LogP contribution in [0.15, 0.2) is 60.9 Å². The minimum atomic E-state index is -0.462. The second kappa shape index (κ2) is 9.85. The van der Waals surface area contributed by atoms with E-state index in [-0.39, 0.29) is 0 Å². The van der Waals surface area contributed by atoms with Crippen molar-refractivity contribution in [2.75, 3.05) is 14.2 Å². The summed E-state index contributed by atoms with van der Waals surface area (Å²) in [6.07, 6.45) is 8.88. The van der Waals surface area contributed by atoms with Gasteiger partial charge in [0.2, 0.25) is 0 Å². The summed E-state index contributed by atoms with van der Waals surface area (Å²) in [6.45, 7) is 0. The fourth-order valence-corrected chi connectivity index (χ4v) is 2.76. The van der Waals surface area contributed by atoms with Crippen LogP contribution in [0.2, 0.25) is 10.0 Å². The summed E-state index contributed by atoms with van der Waals surface area (Å²) in [5, 5.41) is 1.18. The van der Waals surface area contributed by atoms with Crippen LogP contribution < -0.4 is 0 Å². The highest BCUT2D eigenvalue weighted by molar-refractivity contribution is 6.35. The number of hydrogen-bond acceptors (Lipinski definition) is 3. The molecule has 0 bridgehead atoms. The second-order valence-electron chi connectivity index (χ2n) is 5.23. The van der Waals surface area contributed by atoms with Gasteiger partial charge in [-0.1, -0.05) is 77.8 Å². The number of allylic oxidation sites excluding steroid dienone is 2. The third-order valence-electron chi connectivity index (χ3n) is 3.52. The molecule has 0 amide bonds. The van der Waals surface area contributed by atoms with E-state index in [1.54, 1.807) is 12.1 Å². The van der Waals surface area contributed by atoms with Crippen molar-refractivity contribution in [1.82, 2.24) is 0 Å². The summed E-state index contributed by atoms with van der Waals surface area (Å²) in [6, 6.07) is 12.8. The first-order valence-electron chi connectivity index (χ1n) is 7.77. The smallest absolute Gasteiger partial charge is 0.341 e. The molecule has 2 aromatic carbocycles. The normalized spacial score (nSPS) is 11.9. The number of ether oxygens (including phenoxy) is 2. The quantitative estimate of drug-likeness (QED) is 0.268. The lowest BCUT2D eigenvalue weighted by molar-refractivity contribution is -0.133. The van der Waals surface area contributed by atoms with Crippen molar-refractivity contribution in [3.8, 4) is 0 Å². The molecule has 5 heteroatoms. The molecule has 0 saturated heterocycles. The number of esters is 1. The fourth-order valence-electron chi connectivity index (χ4n) is 2.29. The highest BCUT2D eigenvalue weighted by atomic mass is 35.5. The zero-order valence-electron chi connectivity index (χ0n) is 14.4. The predicted molar refractivity (Wildman–Crippen MR) is 108 cm³/mol. The zero-order valence-corrected chi connectivity index (χ0v) is 15.9. The molecular weight excluding hydrogens is 371 g/mol. The summed E-state index contributed by atoms with van der Waals surface area (Å²) in [7, 11) is 2.82. The average Bonchev–Trinajstić information content (AvgIpc) is 2.64. The van der Waals surface area contributed by atoms with E-state index in [4.69, 9.17) is 32.7 Å². The van der Waals surface area contributed by atoms with Gasteiger partial charge in [-0.05, 0) is 28.8 Å². The Labute approximate surface area is 163 Å². The monoisotopic (exact) mass is 388 g/mol. The Morgan fingerprint density at radius 2 is 1.65 bits per heavy atom. The highest BCUT2D eigenvalue weighted by Gasteiger charge is 2.15. The summed E-state index contributed by atoms with van der Waals surface area (Å²) in [4.78, 5) is 12.0. The molecule has 2 rings (SSSR count). The molecule has 0 atom stereocenters. The van der Waals surface area contributed by atoms with Crippen LogP contribution in [-0.2, 0) is 14.3 Å². The lowest BCUT2D eigenvalue weighted by Crippen LogP contribution is -2.05. The average molecular weight is 389 g/mol. The number of benzene rings is 2. The first kappa shape index (κ1) is 19.8. The first-order valence-corrected chi connectivity index (χ1v) is 8.53. The van der Waals surface area contributed by atoms with Crippen LogP contribution in [-0.4, -0.2) is 20.2 Å². The molecule has 0 fully saturated rings. The maximum absolute atomic E-state index is 12.0. The van der Waals surface area contributed by atoms with Crippen LogP contribution in [0.1, 0.15) is 16.7 Å². The van der Waals surface area contributed by atoms with Crippen molar-refractivity contribution >= 4 is 46.9 Å². The molecule has 0 aliphatic heterocycles. The van der Waals surface area contributed by atoms with Crippen molar-refractivity contribution in [3.63, 3.8) is 0 Å². The Morgan fingerprint density at radius 3 is 2.31 bits per heavy atom. The summed E-state index contributed by atoms with van der Waals surface area (Å²) in [5.74, 6) is -0.462. The van der Waals surface area contributed by atoms with E-state index in [0.717, 1.165) is 16.7 Å². The molecule has 0 aliphatic carbocycles. The maximum atomic E-state index is 12.0. The van der Waals surface area contributed by atoms with Gasteiger partial charge in [0.1, 0.15) is 5.57 Å². The Morgan fingerprint density at radius 1 is 0.962 bits per heavy atom. The van der Waals surface area contributed by atoms with Crippen molar-refractivity contribution in [2.45, 2.75) is 0 Å². The van der Waals surface area contributed by atoms with E-state index < -0.39 is 5.97 Å². The number of halogens is 2. The van der Waals surface area contributed by atoms with Crippen molar-refractivity contribution < 1.29 is 14.3 Å². The third-order valence-corrected chi connectivity index (χ3v) is 4.08. The Kier molecular flexibility index (Phi) is 7.52. The molecule has 0 heterocycles. The minimum absolute atomic E-state index is 0.347. The van der Waals surface area contributed by atoms with E-state index in [0.29, 0.717) is 15.6 Å². The van der Waals surface area contributed by atoms with Crippen LogP contribution in [0.5, 0.6) is 0 Å². The first-order chi connectivity index (χ1) is 12.6. The molecule has 3 nitrogen and oxygen atoms in total. The lowest BCUT2D eigenvalue weighted by Gasteiger charge is -2.08. The van der Waals surface area contributed by atoms with Gasteiger partial charge in [-0.3, -0.25) is 0 Å².